The topological polar surface area (TPSA) is 29.1 Å². The van der Waals surface area contributed by atoms with Gasteiger partial charge in [-0.25, -0.2) is 0 Å². The molecule has 74 valence electrons. The minimum atomic E-state index is -0.512. The third-order valence-electron chi connectivity index (χ3n) is 2.12. The Bertz CT molecular complexity index is 403. The Balaban J connectivity index is 2.51. The van der Waals surface area contributed by atoms with Gasteiger partial charge in [-0.05, 0) is 37.7 Å². The number of rotatable bonds is 0. The van der Waals surface area contributed by atoms with Crippen LogP contribution in [0.4, 0.5) is 5.69 Å². The summed E-state index contributed by atoms with van der Waals surface area (Å²) >= 11 is 7.20. The molecule has 0 fully saturated rings. The van der Waals surface area contributed by atoms with Gasteiger partial charge < -0.3 is 5.32 Å². The number of hydrogen-bond donors (Lipinski definition) is 1. The summed E-state index contributed by atoms with van der Waals surface area (Å²) in [5, 5.41) is 3.90. The highest BCUT2D eigenvalue weighted by Crippen LogP contribution is 2.42. The Morgan fingerprint density at radius 3 is 2.86 bits per heavy atom. The van der Waals surface area contributed by atoms with E-state index in [-0.39, 0.29) is 5.12 Å². The molecule has 0 radical (unpaired) electrons. The molecule has 1 heterocycles. The zero-order chi connectivity index (χ0) is 10.3. The number of fused-ring (bicyclic) bond motifs is 1. The second-order valence-electron chi connectivity index (χ2n) is 3.76. The van der Waals surface area contributed by atoms with Crippen molar-refractivity contribution in [3.63, 3.8) is 0 Å². The predicted octanol–water partition coefficient (Wildman–Crippen LogP) is 3.16. The van der Waals surface area contributed by atoms with E-state index >= 15 is 0 Å². The zero-order valence-corrected chi connectivity index (χ0v) is 9.50. The Kier molecular flexibility index (Phi) is 2.24. The minimum Gasteiger partial charge on any atom is -0.372 e. The Morgan fingerprint density at radius 1 is 1.43 bits per heavy atom. The summed E-state index contributed by atoms with van der Waals surface area (Å²) in [4.78, 5) is 12.5. The molecule has 0 saturated heterocycles. The molecule has 4 heteroatoms. The normalized spacial score (nSPS) is 18.6. The standard InChI is InChI=1S/C10H10ClNOS/c1-10(2)9(13)14-8-6(11)4-3-5-7(8)12-10/h3-5,12H,1-2H3. The maximum Gasteiger partial charge on any atom is 0.218 e. The van der Waals surface area contributed by atoms with Gasteiger partial charge in [0.25, 0.3) is 0 Å². The van der Waals surface area contributed by atoms with Gasteiger partial charge in [-0.2, -0.15) is 0 Å². The van der Waals surface area contributed by atoms with E-state index in [1.807, 2.05) is 26.0 Å². The van der Waals surface area contributed by atoms with Crippen molar-refractivity contribution in [3.8, 4) is 0 Å². The highest BCUT2D eigenvalue weighted by Gasteiger charge is 2.34. The van der Waals surface area contributed by atoms with Gasteiger partial charge in [-0.3, -0.25) is 4.79 Å². The van der Waals surface area contributed by atoms with Crippen molar-refractivity contribution >= 4 is 34.2 Å². The fraction of sp³-hybridized carbons (Fsp3) is 0.300. The molecule has 1 N–H and O–H groups in total. The first-order valence-electron chi connectivity index (χ1n) is 4.30. The second kappa shape index (κ2) is 3.17. The number of halogens is 1. The van der Waals surface area contributed by atoms with Crippen LogP contribution in [0, 0.1) is 0 Å². The van der Waals surface area contributed by atoms with Crippen molar-refractivity contribution in [1.29, 1.82) is 0 Å². The monoisotopic (exact) mass is 227 g/mol. The van der Waals surface area contributed by atoms with E-state index in [0.29, 0.717) is 5.02 Å². The SMILES string of the molecule is CC1(C)Nc2cccc(Cl)c2SC1=O. The van der Waals surface area contributed by atoms with Crippen LogP contribution in [0.2, 0.25) is 5.02 Å². The number of thioether (sulfide) groups is 1. The highest BCUT2D eigenvalue weighted by molar-refractivity contribution is 8.14. The molecule has 0 aromatic heterocycles. The summed E-state index contributed by atoms with van der Waals surface area (Å²) in [6, 6.07) is 5.60. The van der Waals surface area contributed by atoms with E-state index < -0.39 is 5.54 Å². The molecule has 0 saturated carbocycles. The van der Waals surface area contributed by atoms with E-state index in [1.165, 1.54) is 11.8 Å². The van der Waals surface area contributed by atoms with Crippen LogP contribution in [-0.2, 0) is 4.79 Å². The smallest absolute Gasteiger partial charge is 0.218 e. The molecule has 1 aromatic rings. The van der Waals surface area contributed by atoms with Crippen molar-refractivity contribution in [2.45, 2.75) is 24.3 Å². The van der Waals surface area contributed by atoms with Gasteiger partial charge in [-0.1, -0.05) is 17.7 Å². The quantitative estimate of drug-likeness (QED) is 0.738. The molecular formula is C10H10ClNOS. The highest BCUT2D eigenvalue weighted by atomic mass is 35.5. The van der Waals surface area contributed by atoms with Crippen LogP contribution in [0.3, 0.4) is 0 Å². The number of benzene rings is 1. The largest absolute Gasteiger partial charge is 0.372 e. The molecule has 2 rings (SSSR count). The number of carbonyl (C=O) groups is 1. The molecule has 1 aromatic carbocycles. The van der Waals surface area contributed by atoms with E-state index in [0.717, 1.165) is 10.6 Å². The summed E-state index contributed by atoms with van der Waals surface area (Å²) in [6.45, 7) is 3.73. The number of carbonyl (C=O) groups excluding carboxylic acids is 1. The van der Waals surface area contributed by atoms with Gasteiger partial charge in [0, 0.05) is 0 Å². The molecule has 0 bridgehead atoms. The summed E-state index contributed by atoms with van der Waals surface area (Å²) in [7, 11) is 0. The lowest BCUT2D eigenvalue weighted by molar-refractivity contribution is -0.114. The lowest BCUT2D eigenvalue weighted by Crippen LogP contribution is -2.40. The third-order valence-corrected chi connectivity index (χ3v) is 3.89. The molecule has 14 heavy (non-hydrogen) atoms. The van der Waals surface area contributed by atoms with Crippen molar-refractivity contribution in [2.75, 3.05) is 5.32 Å². The molecule has 2 nitrogen and oxygen atoms in total. The molecule has 0 spiro atoms. The van der Waals surface area contributed by atoms with E-state index in [2.05, 4.69) is 5.32 Å². The summed E-state index contributed by atoms with van der Waals surface area (Å²) < 4.78 is 0. The minimum absolute atomic E-state index is 0.0955. The zero-order valence-electron chi connectivity index (χ0n) is 7.93. The van der Waals surface area contributed by atoms with Crippen LogP contribution >= 0.6 is 23.4 Å². The Morgan fingerprint density at radius 2 is 2.14 bits per heavy atom. The van der Waals surface area contributed by atoms with Crippen molar-refractivity contribution in [2.24, 2.45) is 0 Å². The first kappa shape index (κ1) is 9.87. The van der Waals surface area contributed by atoms with Gasteiger partial charge in [0.15, 0.2) is 0 Å². The lowest BCUT2D eigenvalue weighted by Gasteiger charge is -2.31. The molecular weight excluding hydrogens is 218 g/mol. The maximum atomic E-state index is 11.7. The molecule has 0 atom stereocenters. The van der Waals surface area contributed by atoms with Crippen LogP contribution in [0.5, 0.6) is 0 Å². The molecule has 0 amide bonds. The summed E-state index contributed by atoms with van der Waals surface area (Å²) in [6.07, 6.45) is 0. The lowest BCUT2D eigenvalue weighted by atomic mass is 10.1. The van der Waals surface area contributed by atoms with Gasteiger partial charge >= 0.3 is 0 Å². The van der Waals surface area contributed by atoms with Crippen molar-refractivity contribution in [1.82, 2.24) is 0 Å². The fourth-order valence-corrected chi connectivity index (χ4v) is 2.50. The van der Waals surface area contributed by atoms with Crippen LogP contribution < -0.4 is 5.32 Å². The number of hydrogen-bond acceptors (Lipinski definition) is 3. The Hall–Kier alpha value is -0.670. The first-order valence-corrected chi connectivity index (χ1v) is 5.49. The molecule has 1 aliphatic rings. The van der Waals surface area contributed by atoms with E-state index in [1.54, 1.807) is 6.07 Å². The average molecular weight is 228 g/mol. The van der Waals surface area contributed by atoms with E-state index in [9.17, 15) is 4.79 Å². The molecule has 0 aliphatic carbocycles. The first-order chi connectivity index (χ1) is 6.50. The van der Waals surface area contributed by atoms with Gasteiger partial charge in [0.05, 0.1) is 15.6 Å². The number of nitrogens with one attached hydrogen (secondary N) is 1. The molecule has 1 aliphatic heterocycles. The van der Waals surface area contributed by atoms with E-state index in [4.69, 9.17) is 11.6 Å². The van der Waals surface area contributed by atoms with Crippen LogP contribution in [-0.4, -0.2) is 10.7 Å². The Labute approximate surface area is 92.0 Å². The van der Waals surface area contributed by atoms with Crippen molar-refractivity contribution < 1.29 is 4.79 Å². The van der Waals surface area contributed by atoms with Crippen LogP contribution in [0.15, 0.2) is 23.1 Å². The van der Waals surface area contributed by atoms with Crippen LogP contribution in [0.1, 0.15) is 13.8 Å². The van der Waals surface area contributed by atoms with Crippen molar-refractivity contribution in [3.05, 3.63) is 23.2 Å². The van der Waals surface area contributed by atoms with Gasteiger partial charge in [0.1, 0.15) is 5.54 Å². The maximum absolute atomic E-state index is 11.7. The second-order valence-corrected chi connectivity index (χ2v) is 5.15. The summed E-state index contributed by atoms with van der Waals surface area (Å²) in [5.74, 6) is 0. The predicted molar refractivity (Wildman–Crippen MR) is 60.0 cm³/mol. The number of anilines is 1. The van der Waals surface area contributed by atoms with Gasteiger partial charge in [0.2, 0.25) is 5.12 Å². The summed E-state index contributed by atoms with van der Waals surface area (Å²) in [5.41, 5.74) is 0.426. The third kappa shape index (κ3) is 1.51. The van der Waals surface area contributed by atoms with Gasteiger partial charge in [-0.15, -0.1) is 0 Å². The molecule has 0 unspecified atom stereocenters. The average Bonchev–Trinajstić information content (AvgIpc) is 2.08. The fourth-order valence-electron chi connectivity index (χ4n) is 1.32. The van der Waals surface area contributed by atoms with Crippen LogP contribution in [0.25, 0.3) is 0 Å².